The Balaban J connectivity index is 2.18. The van der Waals surface area contributed by atoms with Gasteiger partial charge in [-0.1, -0.05) is 0 Å². The van der Waals surface area contributed by atoms with Crippen molar-refractivity contribution in [1.82, 2.24) is 10.2 Å². The van der Waals surface area contributed by atoms with E-state index in [1.54, 1.807) is 6.07 Å². The van der Waals surface area contributed by atoms with Crippen LogP contribution >= 0.6 is 0 Å². The highest BCUT2D eigenvalue weighted by Gasteiger charge is 2.25. The molecule has 1 aliphatic heterocycles. The van der Waals surface area contributed by atoms with Crippen molar-refractivity contribution in [3.8, 4) is 0 Å². The summed E-state index contributed by atoms with van der Waals surface area (Å²) in [6.07, 6.45) is 1.94. The molecule has 0 amide bonds. The summed E-state index contributed by atoms with van der Waals surface area (Å²) in [7, 11) is 0. The monoisotopic (exact) mass is 223 g/mol. The number of aliphatic hydroxyl groups is 1. The molecule has 0 aliphatic carbocycles. The number of rotatable bonds is 3. The molecule has 86 valence electrons. The number of carboxylic acids is 1. The second-order valence-electron chi connectivity index (χ2n) is 3.75. The van der Waals surface area contributed by atoms with E-state index in [9.17, 15) is 4.79 Å². The number of nitrogens with zero attached hydrogens (tertiary/aromatic N) is 3. The Morgan fingerprint density at radius 1 is 1.50 bits per heavy atom. The van der Waals surface area contributed by atoms with E-state index in [4.69, 9.17) is 10.2 Å². The molecule has 6 heteroatoms. The molecule has 2 rings (SSSR count). The molecule has 0 aromatic carbocycles. The van der Waals surface area contributed by atoms with Gasteiger partial charge in [-0.25, -0.2) is 4.79 Å². The van der Waals surface area contributed by atoms with Crippen molar-refractivity contribution in [2.45, 2.75) is 18.9 Å². The fourth-order valence-corrected chi connectivity index (χ4v) is 1.92. The smallest absolute Gasteiger partial charge is 0.356 e. The van der Waals surface area contributed by atoms with E-state index in [1.807, 2.05) is 4.90 Å². The minimum atomic E-state index is -1.08. The lowest BCUT2D eigenvalue weighted by Gasteiger charge is -2.23. The Bertz CT molecular complexity index is 379. The minimum absolute atomic E-state index is 0.0662. The van der Waals surface area contributed by atoms with Gasteiger partial charge in [-0.3, -0.25) is 0 Å². The van der Waals surface area contributed by atoms with Gasteiger partial charge in [0.15, 0.2) is 11.5 Å². The highest BCUT2D eigenvalue weighted by molar-refractivity contribution is 5.85. The molecule has 1 saturated heterocycles. The summed E-state index contributed by atoms with van der Waals surface area (Å²) in [6, 6.07) is 3.13. The molecule has 1 unspecified atom stereocenters. The topological polar surface area (TPSA) is 86.5 Å². The molecule has 1 aromatic heterocycles. The lowest BCUT2D eigenvalue weighted by molar-refractivity contribution is 0.0689. The van der Waals surface area contributed by atoms with Crippen molar-refractivity contribution in [3.63, 3.8) is 0 Å². The molecule has 0 spiro atoms. The van der Waals surface area contributed by atoms with Crippen molar-refractivity contribution in [3.05, 3.63) is 17.8 Å². The van der Waals surface area contributed by atoms with Crippen LogP contribution in [0.15, 0.2) is 12.1 Å². The van der Waals surface area contributed by atoms with Gasteiger partial charge in [0.2, 0.25) is 0 Å². The van der Waals surface area contributed by atoms with Crippen molar-refractivity contribution in [2.75, 3.05) is 18.1 Å². The number of carbonyl (C=O) groups is 1. The summed E-state index contributed by atoms with van der Waals surface area (Å²) < 4.78 is 0. The summed E-state index contributed by atoms with van der Waals surface area (Å²) in [5.41, 5.74) is -0.0662. The van der Waals surface area contributed by atoms with Crippen LogP contribution in [0.25, 0.3) is 0 Å². The summed E-state index contributed by atoms with van der Waals surface area (Å²) >= 11 is 0. The Morgan fingerprint density at radius 3 is 2.88 bits per heavy atom. The molecule has 16 heavy (non-hydrogen) atoms. The molecule has 1 aliphatic rings. The molecule has 1 aromatic rings. The molecular weight excluding hydrogens is 210 g/mol. The number of aliphatic hydroxyl groups excluding tert-OH is 1. The van der Waals surface area contributed by atoms with Crippen LogP contribution in [0.4, 0.5) is 5.82 Å². The van der Waals surface area contributed by atoms with Gasteiger partial charge in [-0.15, -0.1) is 10.2 Å². The predicted molar refractivity (Wildman–Crippen MR) is 56.4 cm³/mol. The first-order valence-corrected chi connectivity index (χ1v) is 5.17. The third-order valence-corrected chi connectivity index (χ3v) is 2.75. The maximum Gasteiger partial charge on any atom is 0.356 e. The van der Waals surface area contributed by atoms with Gasteiger partial charge in [0.1, 0.15) is 0 Å². The zero-order valence-electron chi connectivity index (χ0n) is 8.70. The Morgan fingerprint density at radius 2 is 2.31 bits per heavy atom. The molecule has 0 saturated carbocycles. The van der Waals surface area contributed by atoms with E-state index in [0.29, 0.717) is 5.82 Å². The van der Waals surface area contributed by atoms with Crippen LogP contribution in [0.3, 0.4) is 0 Å². The summed E-state index contributed by atoms with van der Waals surface area (Å²) in [5.74, 6) is -0.458. The number of anilines is 1. The van der Waals surface area contributed by atoms with E-state index in [1.165, 1.54) is 6.07 Å². The maximum absolute atomic E-state index is 10.6. The molecule has 6 nitrogen and oxygen atoms in total. The first kappa shape index (κ1) is 10.8. The summed E-state index contributed by atoms with van der Waals surface area (Å²) in [5, 5.41) is 25.3. The van der Waals surface area contributed by atoms with Gasteiger partial charge in [0.05, 0.1) is 12.6 Å². The number of hydrogen-bond acceptors (Lipinski definition) is 5. The Hall–Kier alpha value is -1.69. The van der Waals surface area contributed by atoms with Gasteiger partial charge in [0, 0.05) is 6.54 Å². The van der Waals surface area contributed by atoms with Crippen molar-refractivity contribution in [1.29, 1.82) is 0 Å². The highest BCUT2D eigenvalue weighted by Crippen LogP contribution is 2.22. The zero-order chi connectivity index (χ0) is 11.5. The van der Waals surface area contributed by atoms with Gasteiger partial charge in [-0.2, -0.15) is 0 Å². The average Bonchev–Trinajstić information content (AvgIpc) is 2.77. The lowest BCUT2D eigenvalue weighted by Crippen LogP contribution is -2.32. The van der Waals surface area contributed by atoms with Crippen LogP contribution in [0.5, 0.6) is 0 Å². The van der Waals surface area contributed by atoms with Crippen LogP contribution in [-0.4, -0.2) is 45.6 Å². The summed E-state index contributed by atoms with van der Waals surface area (Å²) in [6.45, 7) is 0.911. The van der Waals surface area contributed by atoms with Gasteiger partial charge in [-0.05, 0) is 25.0 Å². The van der Waals surface area contributed by atoms with Crippen LogP contribution < -0.4 is 4.90 Å². The number of aromatic nitrogens is 2. The first-order chi connectivity index (χ1) is 7.72. The highest BCUT2D eigenvalue weighted by atomic mass is 16.4. The molecule has 0 radical (unpaired) electrons. The van der Waals surface area contributed by atoms with Crippen LogP contribution in [-0.2, 0) is 0 Å². The fraction of sp³-hybridized carbons (Fsp3) is 0.500. The minimum Gasteiger partial charge on any atom is -0.476 e. The van der Waals surface area contributed by atoms with Gasteiger partial charge < -0.3 is 15.1 Å². The maximum atomic E-state index is 10.6. The number of aromatic carboxylic acids is 1. The largest absolute Gasteiger partial charge is 0.476 e. The van der Waals surface area contributed by atoms with Crippen molar-refractivity contribution < 1.29 is 15.0 Å². The fourth-order valence-electron chi connectivity index (χ4n) is 1.92. The van der Waals surface area contributed by atoms with Crippen LogP contribution in [0.2, 0.25) is 0 Å². The third-order valence-electron chi connectivity index (χ3n) is 2.75. The zero-order valence-corrected chi connectivity index (χ0v) is 8.70. The second-order valence-corrected chi connectivity index (χ2v) is 3.75. The van der Waals surface area contributed by atoms with Crippen molar-refractivity contribution >= 4 is 11.8 Å². The van der Waals surface area contributed by atoms with E-state index in [-0.39, 0.29) is 18.3 Å². The van der Waals surface area contributed by atoms with E-state index < -0.39 is 5.97 Å². The SMILES string of the molecule is O=C(O)c1ccc(N2CCCC2CO)nn1. The molecule has 2 N–H and O–H groups in total. The van der Waals surface area contributed by atoms with Gasteiger partial charge in [0.25, 0.3) is 0 Å². The van der Waals surface area contributed by atoms with Crippen molar-refractivity contribution in [2.24, 2.45) is 0 Å². The first-order valence-electron chi connectivity index (χ1n) is 5.17. The van der Waals surface area contributed by atoms with E-state index in [2.05, 4.69) is 10.2 Å². The summed E-state index contributed by atoms with van der Waals surface area (Å²) in [4.78, 5) is 12.6. The van der Waals surface area contributed by atoms with Crippen LogP contribution in [0, 0.1) is 0 Å². The van der Waals surface area contributed by atoms with E-state index in [0.717, 1.165) is 19.4 Å². The molecule has 1 atom stereocenters. The standard InChI is InChI=1S/C10H13N3O3/c14-6-7-2-1-5-13(7)9-4-3-8(10(15)16)11-12-9/h3-4,7,14H,1-2,5-6H2,(H,15,16). The quantitative estimate of drug-likeness (QED) is 0.757. The second kappa shape index (κ2) is 4.44. The molecule has 2 heterocycles. The molecule has 0 bridgehead atoms. The Labute approximate surface area is 92.5 Å². The Kier molecular flexibility index (Phi) is 3.00. The average molecular weight is 223 g/mol. The molecular formula is C10H13N3O3. The normalized spacial score (nSPS) is 20.1. The van der Waals surface area contributed by atoms with Gasteiger partial charge >= 0.3 is 5.97 Å². The molecule has 1 fully saturated rings. The van der Waals surface area contributed by atoms with Crippen LogP contribution in [0.1, 0.15) is 23.3 Å². The lowest BCUT2D eigenvalue weighted by atomic mass is 10.2. The number of hydrogen-bond donors (Lipinski definition) is 2. The predicted octanol–water partition coefficient (Wildman–Crippen LogP) is 0.136. The number of carboxylic acid groups (broad SMARTS) is 1. The third kappa shape index (κ3) is 1.96. The van der Waals surface area contributed by atoms with E-state index >= 15 is 0 Å².